The number of anilines is 1. The first-order valence-electron chi connectivity index (χ1n) is 6.25. The maximum absolute atomic E-state index is 7.72. The van der Waals surface area contributed by atoms with Crippen molar-refractivity contribution in [2.45, 2.75) is 26.4 Å². The first kappa shape index (κ1) is 12.9. The van der Waals surface area contributed by atoms with E-state index >= 15 is 0 Å². The molecular formula is C12H21N5O. The highest BCUT2D eigenvalue weighted by atomic mass is 16.5. The highest BCUT2D eigenvalue weighted by Crippen LogP contribution is 2.24. The Kier molecular flexibility index (Phi) is 3.56. The van der Waals surface area contributed by atoms with Gasteiger partial charge in [-0.3, -0.25) is 10.1 Å². The topological polar surface area (TPSA) is 80.2 Å². The number of ether oxygens (including phenoxy) is 1. The van der Waals surface area contributed by atoms with Crippen LogP contribution in [0, 0.1) is 12.3 Å². The van der Waals surface area contributed by atoms with Gasteiger partial charge in [-0.15, -0.1) is 0 Å². The number of aromatic nitrogens is 2. The minimum Gasteiger partial charge on any atom is -0.384 e. The van der Waals surface area contributed by atoms with Gasteiger partial charge in [-0.25, -0.2) is 0 Å². The first-order valence-corrected chi connectivity index (χ1v) is 6.25. The molecule has 2 heterocycles. The van der Waals surface area contributed by atoms with E-state index in [9.17, 15) is 0 Å². The predicted octanol–water partition coefficient (Wildman–Crippen LogP) is 0.628. The van der Waals surface area contributed by atoms with Crippen LogP contribution in [0.15, 0.2) is 0 Å². The third-order valence-corrected chi connectivity index (χ3v) is 3.21. The monoisotopic (exact) mass is 251 g/mol. The molecule has 1 fully saturated rings. The molecule has 0 aliphatic carbocycles. The first-order chi connectivity index (χ1) is 8.50. The Bertz CT molecular complexity index is 454. The standard InChI is InChI=1S/C12H21N5O/c1-8-7-17(5-4-6-18-8)12-10(11(13)14)9(2)15-16(12)3/h8H,4-7H2,1-3H3,(H3,13,14). The molecule has 6 nitrogen and oxygen atoms in total. The smallest absolute Gasteiger partial charge is 0.137 e. The summed E-state index contributed by atoms with van der Waals surface area (Å²) in [4.78, 5) is 2.22. The summed E-state index contributed by atoms with van der Waals surface area (Å²) >= 11 is 0. The Morgan fingerprint density at radius 2 is 2.28 bits per heavy atom. The number of hydrogen-bond donors (Lipinski definition) is 2. The Labute approximate surface area is 107 Å². The maximum atomic E-state index is 7.72. The van der Waals surface area contributed by atoms with Gasteiger partial charge in [-0.1, -0.05) is 0 Å². The largest absolute Gasteiger partial charge is 0.384 e. The summed E-state index contributed by atoms with van der Waals surface area (Å²) in [5, 5.41) is 12.1. The quantitative estimate of drug-likeness (QED) is 0.596. The van der Waals surface area contributed by atoms with Gasteiger partial charge in [0, 0.05) is 26.7 Å². The lowest BCUT2D eigenvalue weighted by molar-refractivity contribution is 0.0820. The van der Waals surface area contributed by atoms with Gasteiger partial charge in [0.05, 0.1) is 17.4 Å². The molecule has 0 spiro atoms. The summed E-state index contributed by atoms with van der Waals surface area (Å²) < 4.78 is 7.45. The lowest BCUT2D eigenvalue weighted by Crippen LogP contribution is -2.33. The third-order valence-electron chi connectivity index (χ3n) is 3.21. The minimum atomic E-state index is 0.0772. The molecule has 0 saturated carbocycles. The van der Waals surface area contributed by atoms with Crippen LogP contribution in [0.4, 0.5) is 5.82 Å². The summed E-state index contributed by atoms with van der Waals surface area (Å²) in [7, 11) is 1.89. The lowest BCUT2D eigenvalue weighted by atomic mass is 10.2. The Balaban J connectivity index is 2.39. The maximum Gasteiger partial charge on any atom is 0.137 e. The minimum absolute atomic E-state index is 0.0772. The molecule has 1 aromatic heterocycles. The summed E-state index contributed by atoms with van der Waals surface area (Å²) in [5.41, 5.74) is 7.23. The van der Waals surface area contributed by atoms with Gasteiger partial charge in [-0.2, -0.15) is 5.10 Å². The van der Waals surface area contributed by atoms with Crippen LogP contribution in [0.2, 0.25) is 0 Å². The van der Waals surface area contributed by atoms with Gasteiger partial charge in [0.25, 0.3) is 0 Å². The predicted molar refractivity (Wildman–Crippen MR) is 71.2 cm³/mol. The average molecular weight is 251 g/mol. The Morgan fingerprint density at radius 3 is 2.94 bits per heavy atom. The molecule has 2 rings (SSSR count). The van der Waals surface area contributed by atoms with Crippen molar-refractivity contribution in [3.63, 3.8) is 0 Å². The van der Waals surface area contributed by atoms with E-state index < -0.39 is 0 Å². The number of nitrogens with zero attached hydrogens (tertiary/aromatic N) is 3. The summed E-state index contributed by atoms with van der Waals surface area (Å²) in [5.74, 6) is 1.01. The van der Waals surface area contributed by atoms with Crippen LogP contribution in [0.5, 0.6) is 0 Å². The molecule has 0 aromatic carbocycles. The van der Waals surface area contributed by atoms with E-state index in [1.165, 1.54) is 0 Å². The zero-order chi connectivity index (χ0) is 13.3. The molecule has 1 saturated heterocycles. The fraction of sp³-hybridized carbons (Fsp3) is 0.667. The number of aryl methyl sites for hydroxylation is 2. The molecule has 3 N–H and O–H groups in total. The van der Waals surface area contributed by atoms with Crippen molar-refractivity contribution in [1.29, 1.82) is 5.41 Å². The van der Waals surface area contributed by atoms with Crippen molar-refractivity contribution in [1.82, 2.24) is 9.78 Å². The van der Waals surface area contributed by atoms with Crippen LogP contribution in [0.3, 0.4) is 0 Å². The van der Waals surface area contributed by atoms with E-state index in [4.69, 9.17) is 15.9 Å². The normalized spacial score (nSPS) is 20.8. The van der Waals surface area contributed by atoms with Gasteiger partial charge in [-0.05, 0) is 20.3 Å². The number of amidine groups is 1. The van der Waals surface area contributed by atoms with Crippen LogP contribution < -0.4 is 10.6 Å². The number of nitrogens with two attached hydrogens (primary N) is 1. The van der Waals surface area contributed by atoms with Crippen LogP contribution in [0.1, 0.15) is 24.6 Å². The van der Waals surface area contributed by atoms with Gasteiger partial charge in [0.2, 0.25) is 0 Å². The number of nitrogens with one attached hydrogen (secondary N) is 1. The zero-order valence-electron chi connectivity index (χ0n) is 11.2. The lowest BCUT2D eigenvalue weighted by Gasteiger charge is -2.25. The van der Waals surface area contributed by atoms with E-state index in [0.717, 1.165) is 43.2 Å². The highest BCUT2D eigenvalue weighted by molar-refractivity contribution is 6.00. The molecule has 0 bridgehead atoms. The van der Waals surface area contributed by atoms with Gasteiger partial charge in [0.15, 0.2) is 0 Å². The molecule has 6 heteroatoms. The van der Waals surface area contributed by atoms with E-state index in [0.29, 0.717) is 0 Å². The van der Waals surface area contributed by atoms with Crippen LogP contribution >= 0.6 is 0 Å². The number of nitrogen functional groups attached to an aromatic ring is 1. The fourth-order valence-electron chi connectivity index (χ4n) is 2.51. The van der Waals surface area contributed by atoms with Crippen molar-refractivity contribution in [3.05, 3.63) is 11.3 Å². The average Bonchev–Trinajstić information content (AvgIpc) is 2.46. The highest BCUT2D eigenvalue weighted by Gasteiger charge is 2.24. The van der Waals surface area contributed by atoms with Crippen LogP contribution in [0.25, 0.3) is 0 Å². The summed E-state index contributed by atoms with van der Waals surface area (Å²) in [6, 6.07) is 0. The second kappa shape index (κ2) is 4.97. The van der Waals surface area contributed by atoms with Crippen LogP contribution in [-0.2, 0) is 11.8 Å². The van der Waals surface area contributed by atoms with E-state index in [2.05, 4.69) is 16.9 Å². The van der Waals surface area contributed by atoms with Crippen molar-refractivity contribution in [2.24, 2.45) is 12.8 Å². The van der Waals surface area contributed by atoms with Crippen molar-refractivity contribution < 1.29 is 4.74 Å². The molecule has 0 amide bonds. The molecule has 18 heavy (non-hydrogen) atoms. The number of hydrogen-bond acceptors (Lipinski definition) is 4. The van der Waals surface area contributed by atoms with Crippen molar-refractivity contribution in [2.75, 3.05) is 24.6 Å². The summed E-state index contributed by atoms with van der Waals surface area (Å²) in [6.45, 7) is 6.44. The molecule has 1 aliphatic rings. The Morgan fingerprint density at radius 1 is 1.56 bits per heavy atom. The molecule has 0 radical (unpaired) electrons. The van der Waals surface area contributed by atoms with Gasteiger partial charge < -0.3 is 15.4 Å². The SMILES string of the molecule is Cc1nn(C)c(N2CCCOC(C)C2)c1C(=N)N. The zero-order valence-corrected chi connectivity index (χ0v) is 11.2. The van der Waals surface area contributed by atoms with Crippen molar-refractivity contribution in [3.8, 4) is 0 Å². The van der Waals surface area contributed by atoms with E-state index in [1.54, 1.807) is 0 Å². The van der Waals surface area contributed by atoms with Gasteiger partial charge in [0.1, 0.15) is 11.7 Å². The summed E-state index contributed by atoms with van der Waals surface area (Å²) in [6.07, 6.45) is 1.16. The molecule has 1 unspecified atom stereocenters. The van der Waals surface area contributed by atoms with Crippen LogP contribution in [-0.4, -0.2) is 41.4 Å². The number of rotatable bonds is 2. The molecular weight excluding hydrogens is 230 g/mol. The van der Waals surface area contributed by atoms with E-state index in [1.807, 2.05) is 18.7 Å². The second-order valence-corrected chi connectivity index (χ2v) is 4.80. The molecule has 100 valence electrons. The van der Waals surface area contributed by atoms with Crippen molar-refractivity contribution >= 4 is 11.7 Å². The molecule has 1 atom stereocenters. The van der Waals surface area contributed by atoms with E-state index in [-0.39, 0.29) is 11.9 Å². The fourth-order valence-corrected chi connectivity index (χ4v) is 2.51. The molecule has 1 aliphatic heterocycles. The van der Waals surface area contributed by atoms with Gasteiger partial charge >= 0.3 is 0 Å². The third kappa shape index (κ3) is 2.33. The Hall–Kier alpha value is -1.56. The molecule has 1 aromatic rings. The second-order valence-electron chi connectivity index (χ2n) is 4.80.